The van der Waals surface area contributed by atoms with Crippen molar-refractivity contribution >= 4 is 47.6 Å². The Morgan fingerprint density at radius 2 is 1.73 bits per heavy atom. The minimum atomic E-state index is -0.671. The Hall–Kier alpha value is -5.91. The quantitative estimate of drug-likeness (QED) is 0.0842. The standard InChI is InChI=1S/C37H47N9O6.C3H8/c1-24(2)33(45-37(50)52-5)35(48)46-20-8-9-28(46)21-40-30(22-38-3)26-14-11-25(12-15-26)13-16-27-17-18-29-34(42-27)44-31(43-29)10-6-7-19-39-32(47)23-41-36(49)51-4;1-3-2/h11-12,14-15,17-18,22,24,28,33,40H,3,6-10,19-21,23H2,1-2,4-5H3,(H,39,47)(H,41,49)(H,45,50)(H,42,43,44);3H2,1-2H3/b30-22-;. The average Bonchev–Trinajstić information content (AvgIpc) is 3.83. The van der Waals surface area contributed by atoms with Gasteiger partial charge in [-0.05, 0) is 74.1 Å². The number of fused-ring (bicyclic) bond motifs is 1. The summed E-state index contributed by atoms with van der Waals surface area (Å²) in [5.41, 5.74) is 4.45. The number of pyridine rings is 1. The molecule has 5 N–H and O–H groups in total. The number of carbonyl (C=O) groups excluding carboxylic acids is 4. The summed E-state index contributed by atoms with van der Waals surface area (Å²) in [6.07, 6.45) is 5.58. The molecule has 1 saturated heterocycles. The van der Waals surface area contributed by atoms with Crippen LogP contribution in [0.3, 0.4) is 0 Å². The van der Waals surface area contributed by atoms with E-state index in [2.05, 4.69) is 78.4 Å². The third-order valence-corrected chi connectivity index (χ3v) is 8.47. The van der Waals surface area contributed by atoms with E-state index in [0.29, 0.717) is 37.4 Å². The zero-order valence-corrected chi connectivity index (χ0v) is 32.8. The van der Waals surface area contributed by atoms with Crippen LogP contribution in [0.4, 0.5) is 9.59 Å². The molecule has 2 atom stereocenters. The first-order chi connectivity index (χ1) is 26.5. The first-order valence-electron chi connectivity index (χ1n) is 18.6. The number of hydrogen-bond donors (Lipinski definition) is 5. The largest absolute Gasteiger partial charge is 0.453 e. The molecule has 2 aromatic heterocycles. The number of imidazole rings is 1. The molecule has 1 fully saturated rings. The van der Waals surface area contributed by atoms with Crippen molar-refractivity contribution in [3.05, 3.63) is 65.2 Å². The van der Waals surface area contributed by atoms with Crippen LogP contribution in [0.5, 0.6) is 0 Å². The van der Waals surface area contributed by atoms with Gasteiger partial charge in [-0.3, -0.25) is 14.6 Å². The minimum absolute atomic E-state index is 0.0504. The maximum Gasteiger partial charge on any atom is 0.407 e. The van der Waals surface area contributed by atoms with E-state index in [1.54, 1.807) is 6.20 Å². The molecule has 4 amide bonds. The van der Waals surface area contributed by atoms with Crippen LogP contribution in [0.15, 0.2) is 47.6 Å². The third kappa shape index (κ3) is 14.1. The number of methoxy groups -OCH3 is 2. The van der Waals surface area contributed by atoms with Crippen LogP contribution in [0.2, 0.25) is 0 Å². The molecular weight excluding hydrogens is 702 g/mol. The average molecular weight is 758 g/mol. The fourth-order valence-electron chi connectivity index (χ4n) is 5.69. The number of H-pyrrole nitrogens is 1. The normalized spacial score (nSPS) is 14.1. The first kappa shape index (κ1) is 43.5. The molecular formula is C40H55N9O6. The number of hydrogen-bond acceptors (Lipinski definition) is 10. The number of aromatic amines is 1. The number of likely N-dealkylation sites (tertiary alicyclic amines) is 1. The molecule has 55 heavy (non-hydrogen) atoms. The SMILES string of the molecule is C=N/C=C(\NCC1CCCN1C(=O)C(NC(=O)OC)C(C)C)c1ccc(C#Cc2ccc3[nH]c(CCCCNC(=O)CNC(=O)OC)nc3n2)cc1.CCC. The highest BCUT2D eigenvalue weighted by atomic mass is 16.5. The van der Waals surface area contributed by atoms with Crippen molar-refractivity contribution in [3.8, 4) is 11.8 Å². The second-order valence-corrected chi connectivity index (χ2v) is 13.2. The predicted octanol–water partition coefficient (Wildman–Crippen LogP) is 4.53. The lowest BCUT2D eigenvalue weighted by atomic mass is 10.0. The van der Waals surface area contributed by atoms with Crippen molar-refractivity contribution in [1.82, 2.24) is 41.1 Å². The molecule has 0 spiro atoms. The Kier molecular flexibility index (Phi) is 18.2. The lowest BCUT2D eigenvalue weighted by molar-refractivity contribution is -0.135. The van der Waals surface area contributed by atoms with Crippen molar-refractivity contribution in [1.29, 1.82) is 0 Å². The smallest absolute Gasteiger partial charge is 0.407 e. The number of aryl methyl sites for hydroxylation is 1. The number of carbonyl (C=O) groups is 4. The lowest BCUT2D eigenvalue weighted by Crippen LogP contribution is -2.53. The van der Waals surface area contributed by atoms with Crippen LogP contribution >= 0.6 is 0 Å². The number of nitrogens with zero attached hydrogens (tertiary/aromatic N) is 4. The second-order valence-electron chi connectivity index (χ2n) is 13.2. The van der Waals surface area contributed by atoms with Gasteiger partial charge in [0.2, 0.25) is 11.8 Å². The van der Waals surface area contributed by atoms with Gasteiger partial charge in [0.05, 0.1) is 32.0 Å². The van der Waals surface area contributed by atoms with Gasteiger partial charge in [-0.2, -0.15) is 0 Å². The summed E-state index contributed by atoms with van der Waals surface area (Å²) in [7, 11) is 2.52. The summed E-state index contributed by atoms with van der Waals surface area (Å²) in [4.78, 5) is 66.4. The van der Waals surface area contributed by atoms with Crippen molar-refractivity contribution < 1.29 is 28.7 Å². The summed E-state index contributed by atoms with van der Waals surface area (Å²) in [6.45, 7) is 13.1. The number of amides is 4. The van der Waals surface area contributed by atoms with E-state index in [1.165, 1.54) is 20.6 Å². The van der Waals surface area contributed by atoms with E-state index in [4.69, 9.17) is 4.74 Å². The van der Waals surface area contributed by atoms with Gasteiger partial charge in [-0.25, -0.2) is 19.6 Å². The lowest BCUT2D eigenvalue weighted by Gasteiger charge is -2.31. The van der Waals surface area contributed by atoms with Crippen molar-refractivity contribution in [2.24, 2.45) is 10.9 Å². The number of unbranched alkanes of at least 4 members (excludes halogenated alkanes) is 1. The Morgan fingerprint density at radius 3 is 2.40 bits per heavy atom. The van der Waals surface area contributed by atoms with E-state index in [1.807, 2.05) is 55.1 Å². The fourth-order valence-corrected chi connectivity index (χ4v) is 5.69. The van der Waals surface area contributed by atoms with Gasteiger partial charge < -0.3 is 40.6 Å². The Balaban J connectivity index is 0.00000262. The highest BCUT2D eigenvalue weighted by Gasteiger charge is 2.35. The Labute approximate surface area is 323 Å². The molecule has 4 rings (SSSR count). The second kappa shape index (κ2) is 23.0. The van der Waals surface area contributed by atoms with Crippen LogP contribution in [-0.2, 0) is 25.5 Å². The molecule has 3 heterocycles. The number of aliphatic imine (C=N–C) groups is 1. The molecule has 3 aromatic rings. The van der Waals surface area contributed by atoms with Crippen molar-refractivity contribution in [2.45, 2.75) is 78.3 Å². The van der Waals surface area contributed by atoms with Gasteiger partial charge in [0, 0.05) is 43.9 Å². The Morgan fingerprint density at radius 1 is 1.00 bits per heavy atom. The minimum Gasteiger partial charge on any atom is -0.453 e. The van der Waals surface area contributed by atoms with Crippen LogP contribution in [0, 0.1) is 17.8 Å². The molecule has 0 bridgehead atoms. The highest BCUT2D eigenvalue weighted by Crippen LogP contribution is 2.22. The number of alkyl carbamates (subject to hydrolysis) is 2. The van der Waals surface area contributed by atoms with Gasteiger partial charge in [-0.1, -0.05) is 52.2 Å². The molecule has 1 aliphatic heterocycles. The maximum absolute atomic E-state index is 13.4. The number of ether oxygens (including phenoxy) is 2. The van der Waals surface area contributed by atoms with Gasteiger partial charge in [0.25, 0.3) is 0 Å². The van der Waals surface area contributed by atoms with E-state index in [9.17, 15) is 19.2 Å². The molecule has 0 aliphatic carbocycles. The van der Waals surface area contributed by atoms with Crippen LogP contribution in [-0.4, -0.2) is 103 Å². The zero-order chi connectivity index (χ0) is 40.2. The van der Waals surface area contributed by atoms with Crippen LogP contribution in [0.1, 0.15) is 82.4 Å². The summed E-state index contributed by atoms with van der Waals surface area (Å²) in [5, 5.41) is 11.2. The third-order valence-electron chi connectivity index (χ3n) is 8.47. The number of rotatable bonds is 15. The topological polar surface area (TPSA) is 192 Å². The monoisotopic (exact) mass is 757 g/mol. The van der Waals surface area contributed by atoms with Crippen LogP contribution < -0.4 is 21.3 Å². The number of aromatic nitrogens is 3. The molecule has 0 saturated carbocycles. The number of nitrogens with one attached hydrogen (secondary N) is 5. The molecule has 1 aromatic carbocycles. The van der Waals surface area contributed by atoms with E-state index in [0.717, 1.165) is 53.8 Å². The predicted molar refractivity (Wildman–Crippen MR) is 213 cm³/mol. The van der Waals surface area contributed by atoms with Crippen LogP contribution in [0.25, 0.3) is 16.9 Å². The molecule has 296 valence electrons. The molecule has 15 nitrogen and oxygen atoms in total. The van der Waals surface area contributed by atoms with Gasteiger partial charge >= 0.3 is 12.2 Å². The van der Waals surface area contributed by atoms with Crippen molar-refractivity contribution in [2.75, 3.05) is 40.4 Å². The molecule has 1 aliphatic rings. The van der Waals surface area contributed by atoms with E-state index >= 15 is 0 Å². The van der Waals surface area contributed by atoms with Crippen molar-refractivity contribution in [3.63, 3.8) is 0 Å². The summed E-state index contributed by atoms with van der Waals surface area (Å²) >= 11 is 0. The molecule has 0 radical (unpaired) electrons. The summed E-state index contributed by atoms with van der Waals surface area (Å²) in [6, 6.07) is 10.8. The zero-order valence-electron chi connectivity index (χ0n) is 32.8. The van der Waals surface area contributed by atoms with Gasteiger partial charge in [0.15, 0.2) is 5.65 Å². The van der Waals surface area contributed by atoms with E-state index in [-0.39, 0.29) is 30.3 Å². The summed E-state index contributed by atoms with van der Waals surface area (Å²) in [5.74, 6) is 6.59. The maximum atomic E-state index is 13.4. The van der Waals surface area contributed by atoms with E-state index < -0.39 is 18.2 Å². The fraction of sp³-hybridized carbons (Fsp3) is 0.475. The molecule has 2 unspecified atom stereocenters. The summed E-state index contributed by atoms with van der Waals surface area (Å²) < 4.78 is 9.17. The number of benzene rings is 1. The van der Waals surface area contributed by atoms with Gasteiger partial charge in [-0.15, -0.1) is 0 Å². The first-order valence-corrected chi connectivity index (χ1v) is 18.6. The van der Waals surface area contributed by atoms with Gasteiger partial charge in [0.1, 0.15) is 17.6 Å². The highest BCUT2D eigenvalue weighted by molar-refractivity contribution is 5.86. The molecule has 15 heteroatoms. The Bertz CT molecular complexity index is 1830.